The van der Waals surface area contributed by atoms with Gasteiger partial charge in [0.05, 0.1) is 6.04 Å². The van der Waals surface area contributed by atoms with Crippen molar-refractivity contribution < 1.29 is 0 Å². The molecule has 0 saturated heterocycles. The maximum Gasteiger partial charge on any atom is 0.0511 e. The Labute approximate surface area is 136 Å². The van der Waals surface area contributed by atoms with Gasteiger partial charge in [-0.05, 0) is 49.4 Å². The molecule has 4 heteroatoms. The summed E-state index contributed by atoms with van der Waals surface area (Å²) < 4.78 is 0. The molecular formula is C17H20Cl2N2. The fraction of sp³-hybridized carbons (Fsp3) is 0.294. The van der Waals surface area contributed by atoms with E-state index in [-0.39, 0.29) is 6.04 Å². The van der Waals surface area contributed by atoms with Crippen molar-refractivity contribution in [3.05, 3.63) is 63.6 Å². The minimum atomic E-state index is 0.206. The van der Waals surface area contributed by atoms with Crippen LogP contribution in [0.1, 0.15) is 24.1 Å². The van der Waals surface area contributed by atoms with Gasteiger partial charge in [0.15, 0.2) is 0 Å². The Morgan fingerprint density at radius 2 is 1.81 bits per heavy atom. The lowest BCUT2D eigenvalue weighted by molar-refractivity contribution is 0.727. The third kappa shape index (κ3) is 3.91. The predicted molar refractivity (Wildman–Crippen MR) is 92.5 cm³/mol. The molecule has 0 amide bonds. The molecule has 2 aromatic rings. The van der Waals surface area contributed by atoms with Crippen LogP contribution in [0.4, 0.5) is 5.69 Å². The van der Waals surface area contributed by atoms with Crippen LogP contribution in [0.15, 0.2) is 42.5 Å². The molecule has 0 aliphatic carbocycles. The molecule has 2 rings (SSSR count). The van der Waals surface area contributed by atoms with Crippen LogP contribution in [0.3, 0.4) is 0 Å². The largest absolute Gasteiger partial charge is 0.368 e. The number of hydrogen-bond donors (Lipinski definition) is 1. The highest BCUT2D eigenvalue weighted by molar-refractivity contribution is 6.31. The Balaban J connectivity index is 2.34. The van der Waals surface area contributed by atoms with Gasteiger partial charge in [-0.3, -0.25) is 0 Å². The number of hydrogen-bond acceptors (Lipinski definition) is 2. The lowest BCUT2D eigenvalue weighted by atomic mass is 10.0. The maximum absolute atomic E-state index is 6.17. The summed E-state index contributed by atoms with van der Waals surface area (Å²) in [7, 11) is 4.02. The Morgan fingerprint density at radius 3 is 2.48 bits per heavy atom. The topological polar surface area (TPSA) is 15.3 Å². The molecule has 0 bridgehead atoms. The van der Waals surface area contributed by atoms with Crippen LogP contribution in [0.5, 0.6) is 0 Å². The molecule has 0 aromatic heterocycles. The molecule has 112 valence electrons. The SMILES string of the molecule is CNCc1ccc(Cl)cc1N(C)C(C)c1cccc(Cl)c1. The number of nitrogens with one attached hydrogen (secondary N) is 1. The van der Waals surface area contributed by atoms with Gasteiger partial charge in [0.2, 0.25) is 0 Å². The zero-order valence-corrected chi connectivity index (χ0v) is 14.0. The highest BCUT2D eigenvalue weighted by Gasteiger charge is 2.16. The number of anilines is 1. The summed E-state index contributed by atoms with van der Waals surface area (Å²) in [5.74, 6) is 0. The van der Waals surface area contributed by atoms with Crippen molar-refractivity contribution in [1.29, 1.82) is 0 Å². The Bertz CT molecular complexity index is 613. The quantitative estimate of drug-likeness (QED) is 0.841. The van der Waals surface area contributed by atoms with Gasteiger partial charge in [0.1, 0.15) is 0 Å². The van der Waals surface area contributed by atoms with Crippen LogP contribution in [0.25, 0.3) is 0 Å². The molecule has 1 atom stereocenters. The molecule has 0 aliphatic heterocycles. The van der Waals surface area contributed by atoms with E-state index < -0.39 is 0 Å². The average molecular weight is 323 g/mol. The molecular weight excluding hydrogens is 303 g/mol. The lowest BCUT2D eigenvalue weighted by Crippen LogP contribution is -2.23. The van der Waals surface area contributed by atoms with Gasteiger partial charge in [-0.1, -0.05) is 41.4 Å². The molecule has 2 aromatic carbocycles. The van der Waals surface area contributed by atoms with E-state index in [2.05, 4.69) is 36.3 Å². The van der Waals surface area contributed by atoms with Gasteiger partial charge in [-0.2, -0.15) is 0 Å². The van der Waals surface area contributed by atoms with Crippen LogP contribution in [-0.2, 0) is 6.54 Å². The Kier molecular flexibility index (Phi) is 5.51. The maximum atomic E-state index is 6.17. The van der Waals surface area contributed by atoms with Crippen LogP contribution in [0, 0.1) is 0 Å². The summed E-state index contributed by atoms with van der Waals surface area (Å²) in [6.07, 6.45) is 0. The van der Waals surface area contributed by atoms with Gasteiger partial charge in [-0.15, -0.1) is 0 Å². The molecule has 0 fully saturated rings. The van der Waals surface area contributed by atoms with Crippen LogP contribution >= 0.6 is 23.2 Å². The van der Waals surface area contributed by atoms with E-state index in [0.29, 0.717) is 0 Å². The summed E-state index contributed by atoms with van der Waals surface area (Å²) in [6, 6.07) is 14.2. The molecule has 21 heavy (non-hydrogen) atoms. The lowest BCUT2D eigenvalue weighted by Gasteiger charge is -2.29. The summed E-state index contributed by atoms with van der Waals surface area (Å²) in [6.45, 7) is 2.97. The summed E-state index contributed by atoms with van der Waals surface area (Å²) >= 11 is 12.3. The van der Waals surface area contributed by atoms with E-state index >= 15 is 0 Å². The van der Waals surface area contributed by atoms with Crippen molar-refractivity contribution in [2.75, 3.05) is 19.0 Å². The minimum absolute atomic E-state index is 0.206. The van der Waals surface area contributed by atoms with E-state index in [0.717, 1.165) is 22.3 Å². The standard InChI is InChI=1S/C17H20Cl2N2/c1-12(13-5-4-6-15(18)9-13)21(3)17-10-16(19)8-7-14(17)11-20-2/h4-10,12,20H,11H2,1-3H3. The Hall–Kier alpha value is -1.22. The van der Waals surface area contributed by atoms with E-state index in [4.69, 9.17) is 23.2 Å². The van der Waals surface area contributed by atoms with Gasteiger partial charge >= 0.3 is 0 Å². The molecule has 0 saturated carbocycles. The van der Waals surface area contributed by atoms with Gasteiger partial charge in [0.25, 0.3) is 0 Å². The monoisotopic (exact) mass is 322 g/mol. The van der Waals surface area contributed by atoms with Gasteiger partial charge in [0, 0.05) is 29.3 Å². The number of nitrogens with zero attached hydrogens (tertiary/aromatic N) is 1. The van der Waals surface area contributed by atoms with Gasteiger partial charge in [-0.25, -0.2) is 0 Å². The summed E-state index contributed by atoms with van der Waals surface area (Å²) in [5.41, 5.74) is 3.53. The second-order valence-corrected chi connectivity index (χ2v) is 6.02. The van der Waals surface area contributed by atoms with Gasteiger partial charge < -0.3 is 10.2 Å². The van der Waals surface area contributed by atoms with Crippen molar-refractivity contribution in [3.63, 3.8) is 0 Å². The number of halogens is 2. The second-order valence-electron chi connectivity index (χ2n) is 5.15. The van der Waals surface area contributed by atoms with Crippen molar-refractivity contribution in [1.82, 2.24) is 5.32 Å². The van der Waals surface area contributed by atoms with Crippen LogP contribution < -0.4 is 10.2 Å². The fourth-order valence-corrected chi connectivity index (χ4v) is 2.77. The zero-order valence-electron chi connectivity index (χ0n) is 12.5. The third-order valence-corrected chi connectivity index (χ3v) is 4.18. The Morgan fingerprint density at radius 1 is 1.10 bits per heavy atom. The molecule has 0 aliphatic rings. The van der Waals surface area contributed by atoms with Crippen molar-refractivity contribution >= 4 is 28.9 Å². The average Bonchev–Trinajstić information content (AvgIpc) is 2.48. The fourth-order valence-electron chi connectivity index (χ4n) is 2.40. The van der Waals surface area contributed by atoms with Crippen LogP contribution in [0.2, 0.25) is 10.0 Å². The summed E-state index contributed by atoms with van der Waals surface area (Å²) in [5, 5.41) is 4.70. The molecule has 0 spiro atoms. The smallest absolute Gasteiger partial charge is 0.0511 e. The van der Waals surface area contributed by atoms with Crippen molar-refractivity contribution in [2.24, 2.45) is 0 Å². The first-order valence-corrected chi connectivity index (χ1v) is 7.70. The normalized spacial score (nSPS) is 12.2. The molecule has 2 nitrogen and oxygen atoms in total. The van der Waals surface area contributed by atoms with Crippen molar-refractivity contribution in [2.45, 2.75) is 19.5 Å². The first kappa shape index (κ1) is 16.2. The number of rotatable bonds is 5. The predicted octanol–water partition coefficient (Wildman–Crippen LogP) is 4.91. The highest BCUT2D eigenvalue weighted by Crippen LogP contribution is 2.31. The second kappa shape index (κ2) is 7.17. The van der Waals surface area contributed by atoms with E-state index in [1.807, 2.05) is 37.4 Å². The molecule has 0 heterocycles. The van der Waals surface area contributed by atoms with E-state index in [1.54, 1.807) is 0 Å². The molecule has 0 radical (unpaired) electrons. The summed E-state index contributed by atoms with van der Waals surface area (Å²) in [4.78, 5) is 2.23. The minimum Gasteiger partial charge on any atom is -0.368 e. The third-order valence-electron chi connectivity index (χ3n) is 3.71. The molecule has 1 N–H and O–H groups in total. The first-order chi connectivity index (χ1) is 10.0. The van der Waals surface area contributed by atoms with E-state index in [1.165, 1.54) is 11.1 Å². The van der Waals surface area contributed by atoms with Crippen molar-refractivity contribution in [3.8, 4) is 0 Å². The highest BCUT2D eigenvalue weighted by atomic mass is 35.5. The van der Waals surface area contributed by atoms with Crippen LogP contribution in [-0.4, -0.2) is 14.1 Å². The zero-order chi connectivity index (χ0) is 15.4. The molecule has 1 unspecified atom stereocenters. The number of benzene rings is 2. The van der Waals surface area contributed by atoms with E-state index in [9.17, 15) is 0 Å². The first-order valence-electron chi connectivity index (χ1n) is 6.94.